The highest BCUT2D eigenvalue weighted by atomic mass is 16.1. The summed E-state index contributed by atoms with van der Waals surface area (Å²) < 4.78 is 0. The van der Waals surface area contributed by atoms with Crippen molar-refractivity contribution >= 4 is 5.91 Å². The Balaban J connectivity index is 2.03. The maximum atomic E-state index is 12.2. The van der Waals surface area contributed by atoms with Gasteiger partial charge in [0.2, 0.25) is 0 Å². The quantitative estimate of drug-likeness (QED) is 0.856. The highest BCUT2D eigenvalue weighted by Crippen LogP contribution is 2.27. The van der Waals surface area contributed by atoms with E-state index in [1.165, 1.54) is 25.7 Å². The predicted molar refractivity (Wildman–Crippen MR) is 73.4 cm³/mol. The number of carbonyl (C=O) groups is 1. The summed E-state index contributed by atoms with van der Waals surface area (Å²) in [7, 11) is 0. The number of carbonyl (C=O) groups excluding carboxylic acids is 1. The Labute approximate surface area is 109 Å². The van der Waals surface area contributed by atoms with Crippen molar-refractivity contribution in [2.45, 2.75) is 38.6 Å². The number of nitrogens with one attached hydrogen (secondary N) is 1. The molecule has 1 unspecified atom stereocenters. The molecule has 0 bridgehead atoms. The monoisotopic (exact) mass is 246 g/mol. The SMILES string of the molecule is Cc1ccccc1C(=O)NC(CN)C1CCCC1. The van der Waals surface area contributed by atoms with Gasteiger partial charge in [-0.1, -0.05) is 31.0 Å². The summed E-state index contributed by atoms with van der Waals surface area (Å²) in [6.07, 6.45) is 4.91. The highest BCUT2D eigenvalue weighted by Gasteiger charge is 2.25. The lowest BCUT2D eigenvalue weighted by molar-refractivity contribution is 0.0923. The second-order valence-electron chi connectivity index (χ2n) is 5.18. The molecule has 1 amide bonds. The van der Waals surface area contributed by atoms with Gasteiger partial charge in [0.25, 0.3) is 5.91 Å². The van der Waals surface area contributed by atoms with Crippen LogP contribution in [0.25, 0.3) is 0 Å². The predicted octanol–water partition coefficient (Wildman–Crippen LogP) is 2.24. The van der Waals surface area contributed by atoms with E-state index >= 15 is 0 Å². The van der Waals surface area contributed by atoms with Crippen molar-refractivity contribution < 1.29 is 4.79 Å². The first-order valence-corrected chi connectivity index (χ1v) is 6.79. The molecule has 3 nitrogen and oxygen atoms in total. The molecule has 3 N–H and O–H groups in total. The van der Waals surface area contributed by atoms with Crippen molar-refractivity contribution in [3.63, 3.8) is 0 Å². The van der Waals surface area contributed by atoms with Gasteiger partial charge in [-0.3, -0.25) is 4.79 Å². The van der Waals surface area contributed by atoms with Crippen molar-refractivity contribution in [2.75, 3.05) is 6.54 Å². The summed E-state index contributed by atoms with van der Waals surface area (Å²) in [6, 6.07) is 7.80. The van der Waals surface area contributed by atoms with Gasteiger partial charge in [0, 0.05) is 18.2 Å². The van der Waals surface area contributed by atoms with E-state index in [1.807, 2.05) is 31.2 Å². The Kier molecular flexibility index (Phi) is 4.37. The molecule has 0 spiro atoms. The Hall–Kier alpha value is -1.35. The molecule has 0 aromatic heterocycles. The second-order valence-corrected chi connectivity index (χ2v) is 5.18. The Morgan fingerprint density at radius 3 is 2.67 bits per heavy atom. The summed E-state index contributed by atoms with van der Waals surface area (Å²) >= 11 is 0. The van der Waals surface area contributed by atoms with E-state index in [9.17, 15) is 4.79 Å². The van der Waals surface area contributed by atoms with Crippen molar-refractivity contribution in [2.24, 2.45) is 11.7 Å². The lowest BCUT2D eigenvalue weighted by Crippen LogP contribution is -2.44. The van der Waals surface area contributed by atoms with E-state index in [0.717, 1.165) is 11.1 Å². The maximum Gasteiger partial charge on any atom is 0.251 e. The topological polar surface area (TPSA) is 55.1 Å². The summed E-state index contributed by atoms with van der Waals surface area (Å²) in [4.78, 5) is 12.2. The average Bonchev–Trinajstić information content (AvgIpc) is 2.90. The first-order chi connectivity index (χ1) is 8.72. The number of nitrogens with two attached hydrogens (primary N) is 1. The van der Waals surface area contributed by atoms with Gasteiger partial charge in [-0.25, -0.2) is 0 Å². The molecule has 0 aliphatic heterocycles. The maximum absolute atomic E-state index is 12.2. The third-order valence-corrected chi connectivity index (χ3v) is 3.93. The molecule has 3 heteroatoms. The summed E-state index contributed by atoms with van der Waals surface area (Å²) in [5, 5.41) is 3.10. The molecular formula is C15H22N2O. The van der Waals surface area contributed by atoms with Crippen molar-refractivity contribution in [1.82, 2.24) is 5.32 Å². The second kappa shape index (κ2) is 6.01. The molecule has 0 saturated heterocycles. The van der Waals surface area contributed by atoms with Crippen LogP contribution >= 0.6 is 0 Å². The first-order valence-electron chi connectivity index (χ1n) is 6.79. The van der Waals surface area contributed by atoms with Gasteiger partial charge in [-0.15, -0.1) is 0 Å². The lowest BCUT2D eigenvalue weighted by atomic mass is 9.97. The standard InChI is InChI=1S/C15H22N2O/c1-11-6-2-5-9-13(11)15(18)17-14(10-16)12-7-3-4-8-12/h2,5-6,9,12,14H,3-4,7-8,10,16H2,1H3,(H,17,18). The van der Waals surface area contributed by atoms with Gasteiger partial charge >= 0.3 is 0 Å². The molecule has 2 rings (SSSR count). The van der Waals surface area contributed by atoms with Crippen molar-refractivity contribution in [3.8, 4) is 0 Å². The molecule has 1 aromatic carbocycles. The van der Waals surface area contributed by atoms with Gasteiger partial charge in [0.05, 0.1) is 0 Å². The van der Waals surface area contributed by atoms with E-state index < -0.39 is 0 Å². The highest BCUT2D eigenvalue weighted by molar-refractivity contribution is 5.95. The van der Waals surface area contributed by atoms with Crippen molar-refractivity contribution in [3.05, 3.63) is 35.4 Å². The third-order valence-electron chi connectivity index (χ3n) is 3.93. The van der Waals surface area contributed by atoms with Crippen molar-refractivity contribution in [1.29, 1.82) is 0 Å². The van der Waals surface area contributed by atoms with Crippen LogP contribution in [-0.2, 0) is 0 Å². The van der Waals surface area contributed by atoms with Crippen LogP contribution in [0.4, 0.5) is 0 Å². The van der Waals surface area contributed by atoms with Gasteiger partial charge in [-0.05, 0) is 37.3 Å². The molecule has 1 aliphatic carbocycles. The Morgan fingerprint density at radius 2 is 2.06 bits per heavy atom. The van der Waals surface area contributed by atoms with Crippen LogP contribution in [0.2, 0.25) is 0 Å². The fourth-order valence-electron chi connectivity index (χ4n) is 2.80. The summed E-state index contributed by atoms with van der Waals surface area (Å²) in [6.45, 7) is 2.49. The molecular weight excluding hydrogens is 224 g/mol. The van der Waals surface area contributed by atoms with Crippen LogP contribution in [0.3, 0.4) is 0 Å². The zero-order valence-corrected chi connectivity index (χ0v) is 11.0. The van der Waals surface area contributed by atoms with E-state index in [0.29, 0.717) is 12.5 Å². The van der Waals surface area contributed by atoms with Crippen LogP contribution in [0, 0.1) is 12.8 Å². The smallest absolute Gasteiger partial charge is 0.251 e. The van der Waals surface area contributed by atoms with Gasteiger partial charge in [-0.2, -0.15) is 0 Å². The molecule has 1 aliphatic rings. The molecule has 1 fully saturated rings. The Morgan fingerprint density at radius 1 is 1.39 bits per heavy atom. The Bertz CT molecular complexity index is 411. The first kappa shape index (κ1) is 13.1. The number of rotatable bonds is 4. The minimum Gasteiger partial charge on any atom is -0.348 e. The van der Waals surface area contributed by atoms with E-state index in [-0.39, 0.29) is 11.9 Å². The normalized spacial score (nSPS) is 17.7. The zero-order chi connectivity index (χ0) is 13.0. The van der Waals surface area contributed by atoms with E-state index in [1.54, 1.807) is 0 Å². The largest absolute Gasteiger partial charge is 0.348 e. The molecule has 18 heavy (non-hydrogen) atoms. The fraction of sp³-hybridized carbons (Fsp3) is 0.533. The summed E-state index contributed by atoms with van der Waals surface area (Å²) in [5.74, 6) is 0.568. The molecule has 1 aromatic rings. The summed E-state index contributed by atoms with van der Waals surface area (Å²) in [5.41, 5.74) is 7.57. The van der Waals surface area contributed by atoms with E-state index in [2.05, 4.69) is 5.32 Å². The number of hydrogen-bond donors (Lipinski definition) is 2. The third kappa shape index (κ3) is 2.91. The minimum atomic E-state index is 0.00968. The number of hydrogen-bond acceptors (Lipinski definition) is 2. The van der Waals surface area contributed by atoms with Gasteiger partial charge < -0.3 is 11.1 Å². The zero-order valence-electron chi connectivity index (χ0n) is 11.0. The molecule has 0 radical (unpaired) electrons. The lowest BCUT2D eigenvalue weighted by Gasteiger charge is -2.23. The van der Waals surface area contributed by atoms with Crippen LogP contribution in [0.15, 0.2) is 24.3 Å². The van der Waals surface area contributed by atoms with Crippen LogP contribution < -0.4 is 11.1 Å². The molecule has 0 heterocycles. The van der Waals surface area contributed by atoms with Crippen LogP contribution in [0.1, 0.15) is 41.6 Å². The molecule has 1 atom stereocenters. The van der Waals surface area contributed by atoms with E-state index in [4.69, 9.17) is 5.73 Å². The molecule has 1 saturated carbocycles. The fourth-order valence-corrected chi connectivity index (χ4v) is 2.80. The van der Waals surface area contributed by atoms with Crippen LogP contribution in [-0.4, -0.2) is 18.5 Å². The number of benzene rings is 1. The van der Waals surface area contributed by atoms with Gasteiger partial charge in [0.1, 0.15) is 0 Å². The minimum absolute atomic E-state index is 0.00968. The molecule has 98 valence electrons. The van der Waals surface area contributed by atoms with Crippen LogP contribution in [0.5, 0.6) is 0 Å². The number of aryl methyl sites for hydroxylation is 1. The van der Waals surface area contributed by atoms with Gasteiger partial charge in [0.15, 0.2) is 0 Å². The number of amides is 1. The average molecular weight is 246 g/mol.